The van der Waals surface area contributed by atoms with Crippen LogP contribution in [-0.2, 0) is 11.0 Å². The van der Waals surface area contributed by atoms with Crippen molar-refractivity contribution in [3.05, 3.63) is 5.01 Å². The van der Waals surface area contributed by atoms with Gasteiger partial charge in [-0.3, -0.25) is 4.79 Å². The summed E-state index contributed by atoms with van der Waals surface area (Å²) in [5.41, 5.74) is 4.25. The topological polar surface area (TPSA) is 80.9 Å². The number of primary amides is 1. The third-order valence-corrected chi connectivity index (χ3v) is 2.94. The maximum atomic E-state index is 12.2. The summed E-state index contributed by atoms with van der Waals surface area (Å²) in [5, 5.41) is 7.91. The Balaban J connectivity index is 2.66. The zero-order valence-electron chi connectivity index (χ0n) is 9.13. The summed E-state index contributed by atoms with van der Waals surface area (Å²) in [6.07, 6.45) is -4.50. The first-order valence-corrected chi connectivity index (χ1v) is 5.39. The summed E-state index contributed by atoms with van der Waals surface area (Å²) in [6.45, 7) is 3.25. The third kappa shape index (κ3) is 3.55. The van der Waals surface area contributed by atoms with Crippen LogP contribution in [0.4, 0.5) is 18.3 Å². The van der Waals surface area contributed by atoms with Crippen molar-refractivity contribution in [1.29, 1.82) is 0 Å². The molecule has 9 heteroatoms. The fourth-order valence-electron chi connectivity index (χ4n) is 0.793. The van der Waals surface area contributed by atoms with Gasteiger partial charge in [-0.2, -0.15) is 13.2 Å². The van der Waals surface area contributed by atoms with Crippen molar-refractivity contribution < 1.29 is 18.0 Å². The lowest BCUT2D eigenvalue weighted by molar-refractivity contribution is -0.138. The molecule has 17 heavy (non-hydrogen) atoms. The number of nitrogens with one attached hydrogen (secondary N) is 1. The number of rotatable bonds is 4. The highest BCUT2D eigenvalue weighted by Crippen LogP contribution is 2.33. The summed E-state index contributed by atoms with van der Waals surface area (Å²) in [7, 11) is 0. The molecule has 0 aliphatic rings. The molecule has 1 rings (SSSR count). The molecule has 0 atom stereocenters. The lowest BCUT2D eigenvalue weighted by Gasteiger charge is -2.19. The Morgan fingerprint density at radius 3 is 2.41 bits per heavy atom. The largest absolute Gasteiger partial charge is 0.445 e. The first kappa shape index (κ1) is 13.7. The number of aromatic nitrogens is 2. The van der Waals surface area contributed by atoms with Crippen molar-refractivity contribution in [3.8, 4) is 0 Å². The molecule has 0 fully saturated rings. The highest BCUT2D eigenvalue weighted by atomic mass is 32.1. The van der Waals surface area contributed by atoms with Crippen molar-refractivity contribution >= 4 is 22.4 Å². The predicted molar refractivity (Wildman–Crippen MR) is 56.4 cm³/mol. The molecule has 0 aromatic carbocycles. The van der Waals surface area contributed by atoms with Gasteiger partial charge in [0.05, 0.1) is 5.41 Å². The molecule has 3 N–H and O–H groups in total. The second kappa shape index (κ2) is 4.47. The average Bonchev–Trinajstić information content (AvgIpc) is 2.62. The number of halogens is 3. The van der Waals surface area contributed by atoms with Gasteiger partial charge in [-0.25, -0.2) is 0 Å². The van der Waals surface area contributed by atoms with Gasteiger partial charge in [0, 0.05) is 6.54 Å². The minimum absolute atomic E-state index is 0.00616. The van der Waals surface area contributed by atoms with E-state index in [2.05, 4.69) is 15.5 Å². The van der Waals surface area contributed by atoms with Crippen molar-refractivity contribution in [2.45, 2.75) is 20.0 Å². The Bertz CT molecular complexity index is 415. The molecular formula is C8H11F3N4OS. The summed E-state index contributed by atoms with van der Waals surface area (Å²) >= 11 is 0.382. The van der Waals surface area contributed by atoms with Crippen LogP contribution in [0.1, 0.15) is 18.9 Å². The number of hydrogen-bond donors (Lipinski definition) is 2. The molecule has 0 bridgehead atoms. The zero-order valence-corrected chi connectivity index (χ0v) is 9.95. The zero-order chi connectivity index (χ0) is 13.3. The number of anilines is 1. The van der Waals surface area contributed by atoms with Crippen molar-refractivity contribution in [3.63, 3.8) is 0 Å². The number of carbonyl (C=O) groups is 1. The minimum Gasteiger partial charge on any atom is -0.369 e. The predicted octanol–water partition coefficient (Wildman–Crippen LogP) is 1.48. The Morgan fingerprint density at radius 1 is 1.41 bits per heavy atom. The molecule has 0 spiro atoms. The monoisotopic (exact) mass is 268 g/mol. The molecule has 1 heterocycles. The van der Waals surface area contributed by atoms with Crippen LogP contribution in [0.25, 0.3) is 0 Å². The molecule has 0 radical (unpaired) electrons. The van der Waals surface area contributed by atoms with Gasteiger partial charge >= 0.3 is 6.18 Å². The lowest BCUT2D eigenvalue weighted by Crippen LogP contribution is -2.37. The maximum Gasteiger partial charge on any atom is 0.445 e. The number of hydrogen-bond acceptors (Lipinski definition) is 5. The van der Waals surface area contributed by atoms with E-state index < -0.39 is 22.5 Å². The molecule has 1 aromatic heterocycles. The van der Waals surface area contributed by atoms with Gasteiger partial charge in [0.1, 0.15) is 0 Å². The molecule has 1 amide bonds. The fourth-order valence-corrected chi connectivity index (χ4v) is 1.40. The number of alkyl halides is 3. The van der Waals surface area contributed by atoms with Gasteiger partial charge in [0.25, 0.3) is 0 Å². The maximum absolute atomic E-state index is 12.2. The smallest absolute Gasteiger partial charge is 0.369 e. The van der Waals surface area contributed by atoms with Gasteiger partial charge in [0.2, 0.25) is 16.0 Å². The molecule has 0 saturated carbocycles. The Labute approximate surface area is 99.2 Å². The molecule has 0 saturated heterocycles. The fraction of sp³-hybridized carbons (Fsp3) is 0.625. The van der Waals surface area contributed by atoms with E-state index >= 15 is 0 Å². The average molecular weight is 268 g/mol. The van der Waals surface area contributed by atoms with Gasteiger partial charge in [-0.05, 0) is 13.8 Å². The van der Waals surface area contributed by atoms with Crippen LogP contribution >= 0.6 is 11.3 Å². The molecule has 5 nitrogen and oxygen atoms in total. The molecular weight excluding hydrogens is 257 g/mol. The van der Waals surface area contributed by atoms with Gasteiger partial charge in [0.15, 0.2) is 0 Å². The molecule has 96 valence electrons. The van der Waals surface area contributed by atoms with Crippen LogP contribution < -0.4 is 11.1 Å². The van der Waals surface area contributed by atoms with Crippen LogP contribution in [0.5, 0.6) is 0 Å². The summed E-state index contributed by atoms with van der Waals surface area (Å²) < 4.78 is 36.6. The summed E-state index contributed by atoms with van der Waals surface area (Å²) in [5.74, 6) is -0.550. The quantitative estimate of drug-likeness (QED) is 0.866. The van der Waals surface area contributed by atoms with E-state index in [1.165, 1.54) is 0 Å². The lowest BCUT2D eigenvalue weighted by atomic mass is 9.93. The third-order valence-electron chi connectivity index (χ3n) is 2.02. The van der Waals surface area contributed by atoms with Crippen LogP contribution in [-0.4, -0.2) is 22.6 Å². The van der Waals surface area contributed by atoms with E-state index in [1.54, 1.807) is 13.8 Å². The van der Waals surface area contributed by atoms with Crippen molar-refractivity contribution in [1.82, 2.24) is 10.2 Å². The second-order valence-electron chi connectivity index (χ2n) is 4.01. The SMILES string of the molecule is CC(C)(CNc1nnc(C(F)(F)F)s1)C(N)=O. The van der Waals surface area contributed by atoms with E-state index in [-0.39, 0.29) is 11.7 Å². The first-order chi connectivity index (χ1) is 7.63. The Hall–Kier alpha value is -1.38. The van der Waals surface area contributed by atoms with Crippen LogP contribution in [0.2, 0.25) is 0 Å². The molecule has 0 aliphatic carbocycles. The molecule has 0 unspecified atom stereocenters. The van der Waals surface area contributed by atoms with Crippen molar-refractivity contribution in [2.75, 3.05) is 11.9 Å². The standard InChI is InChI=1S/C8H11F3N4OS/c1-7(2,4(12)16)3-13-6-15-14-5(17-6)8(9,10)11/h3H2,1-2H3,(H2,12,16)(H,13,15). The van der Waals surface area contributed by atoms with Crippen LogP contribution in [0.15, 0.2) is 0 Å². The summed E-state index contributed by atoms with van der Waals surface area (Å²) in [6, 6.07) is 0. The first-order valence-electron chi connectivity index (χ1n) is 4.57. The van der Waals surface area contributed by atoms with E-state index in [0.717, 1.165) is 0 Å². The van der Waals surface area contributed by atoms with E-state index in [0.29, 0.717) is 11.3 Å². The van der Waals surface area contributed by atoms with E-state index in [9.17, 15) is 18.0 Å². The second-order valence-corrected chi connectivity index (χ2v) is 4.99. The van der Waals surface area contributed by atoms with E-state index in [4.69, 9.17) is 5.73 Å². The summed E-state index contributed by atoms with van der Waals surface area (Å²) in [4.78, 5) is 11.0. The highest BCUT2D eigenvalue weighted by Gasteiger charge is 2.36. The normalized spacial score (nSPS) is 12.5. The van der Waals surface area contributed by atoms with Gasteiger partial charge in [-0.15, -0.1) is 10.2 Å². The van der Waals surface area contributed by atoms with Crippen LogP contribution in [0, 0.1) is 5.41 Å². The Morgan fingerprint density at radius 2 is 2.00 bits per heavy atom. The number of nitrogens with two attached hydrogens (primary N) is 1. The number of carbonyl (C=O) groups excluding carboxylic acids is 1. The minimum atomic E-state index is -4.50. The van der Waals surface area contributed by atoms with Crippen molar-refractivity contribution in [2.24, 2.45) is 11.1 Å². The highest BCUT2D eigenvalue weighted by molar-refractivity contribution is 7.15. The molecule has 1 aromatic rings. The number of nitrogens with zero attached hydrogens (tertiary/aromatic N) is 2. The number of amides is 1. The van der Waals surface area contributed by atoms with Gasteiger partial charge in [-0.1, -0.05) is 11.3 Å². The molecule has 0 aliphatic heterocycles. The Kier molecular flexibility index (Phi) is 3.60. The van der Waals surface area contributed by atoms with Crippen LogP contribution in [0.3, 0.4) is 0 Å². The van der Waals surface area contributed by atoms with Gasteiger partial charge < -0.3 is 11.1 Å². The van der Waals surface area contributed by atoms with E-state index in [1.807, 2.05) is 0 Å².